The van der Waals surface area contributed by atoms with Crippen molar-refractivity contribution in [3.63, 3.8) is 0 Å². The van der Waals surface area contributed by atoms with E-state index in [0.717, 1.165) is 23.9 Å². The van der Waals surface area contributed by atoms with Gasteiger partial charge in [-0.15, -0.1) is 0 Å². The average Bonchev–Trinajstić information content (AvgIpc) is 2.98. The van der Waals surface area contributed by atoms with Gasteiger partial charge in [-0.3, -0.25) is 9.48 Å². The van der Waals surface area contributed by atoms with Gasteiger partial charge in [0, 0.05) is 12.7 Å². The van der Waals surface area contributed by atoms with Crippen LogP contribution >= 0.6 is 23.4 Å². The van der Waals surface area contributed by atoms with Gasteiger partial charge >= 0.3 is 6.18 Å². The maximum Gasteiger partial charge on any atom is 0.417 e. The lowest BCUT2D eigenvalue weighted by molar-refractivity contribution is -0.137. The summed E-state index contributed by atoms with van der Waals surface area (Å²) in [6.45, 7) is 1.63. The topological polar surface area (TPSA) is 72.7 Å². The van der Waals surface area contributed by atoms with E-state index in [1.165, 1.54) is 12.4 Å². The number of aryl methyl sites for hydroxylation is 1. The van der Waals surface area contributed by atoms with Crippen LogP contribution in [-0.2, 0) is 18.0 Å². The van der Waals surface area contributed by atoms with Crippen molar-refractivity contribution in [2.75, 3.05) is 5.32 Å². The Kier molecular flexibility index (Phi) is 5.29. The molecule has 0 radical (unpaired) electrons. The minimum atomic E-state index is -4.61. The van der Waals surface area contributed by atoms with E-state index < -0.39 is 27.9 Å². The zero-order valence-electron chi connectivity index (χ0n) is 14.1. The first-order chi connectivity index (χ1) is 12.7. The molecule has 2 heterocycles. The van der Waals surface area contributed by atoms with Crippen molar-refractivity contribution in [2.45, 2.75) is 23.4 Å². The molecule has 6 nitrogen and oxygen atoms in total. The Labute approximate surface area is 161 Å². The predicted octanol–water partition coefficient (Wildman–Crippen LogP) is 4.15. The standard InChI is InChI=1S/C16H13ClF3N5OS/c1-8(27-15-10-6-23-25(2)13(10)21-7-22-15)14(26)24-9-3-4-12(17)11(5-9)16(18,19)20/h3-8H,1-2H3,(H,24,26). The lowest BCUT2D eigenvalue weighted by Gasteiger charge is -2.14. The number of fused-ring (bicyclic) bond motifs is 1. The summed E-state index contributed by atoms with van der Waals surface area (Å²) in [6, 6.07) is 3.22. The van der Waals surface area contributed by atoms with Gasteiger partial charge in [0.25, 0.3) is 0 Å². The molecule has 1 amide bonds. The molecule has 0 aliphatic heterocycles. The summed E-state index contributed by atoms with van der Waals surface area (Å²) in [4.78, 5) is 20.7. The summed E-state index contributed by atoms with van der Waals surface area (Å²) < 4.78 is 40.4. The number of nitrogens with zero attached hydrogens (tertiary/aromatic N) is 4. The third kappa shape index (κ3) is 4.16. The largest absolute Gasteiger partial charge is 0.417 e. The molecule has 0 bridgehead atoms. The number of amides is 1. The van der Waals surface area contributed by atoms with Crippen LogP contribution in [0.3, 0.4) is 0 Å². The number of aromatic nitrogens is 4. The van der Waals surface area contributed by atoms with Crippen LogP contribution in [0.25, 0.3) is 11.0 Å². The number of anilines is 1. The molecule has 0 saturated carbocycles. The van der Waals surface area contributed by atoms with Crippen LogP contribution < -0.4 is 5.32 Å². The maximum absolute atomic E-state index is 12.9. The molecule has 1 atom stereocenters. The Hall–Kier alpha value is -2.33. The molecule has 1 aromatic carbocycles. The highest BCUT2D eigenvalue weighted by Gasteiger charge is 2.33. The molecule has 0 spiro atoms. The maximum atomic E-state index is 12.9. The van der Waals surface area contributed by atoms with Gasteiger partial charge in [-0.25, -0.2) is 9.97 Å². The molecule has 3 rings (SSSR count). The molecular weight excluding hydrogens is 403 g/mol. The van der Waals surface area contributed by atoms with E-state index >= 15 is 0 Å². The first kappa shape index (κ1) is 19.4. The van der Waals surface area contributed by atoms with Crippen LogP contribution in [0.15, 0.2) is 35.7 Å². The Morgan fingerprint density at radius 2 is 2.07 bits per heavy atom. The highest BCUT2D eigenvalue weighted by Crippen LogP contribution is 2.36. The summed E-state index contributed by atoms with van der Waals surface area (Å²) in [5, 5.41) is 6.77. The fraction of sp³-hybridized carbons (Fsp3) is 0.250. The van der Waals surface area contributed by atoms with Crippen LogP contribution in [-0.4, -0.2) is 30.9 Å². The van der Waals surface area contributed by atoms with Crippen LogP contribution in [0.4, 0.5) is 18.9 Å². The molecule has 0 saturated heterocycles. The molecule has 142 valence electrons. The van der Waals surface area contributed by atoms with Crippen molar-refractivity contribution in [3.8, 4) is 0 Å². The minimum absolute atomic E-state index is 0.0124. The summed E-state index contributed by atoms with van der Waals surface area (Å²) in [7, 11) is 1.73. The van der Waals surface area contributed by atoms with Gasteiger partial charge in [0.15, 0.2) is 5.65 Å². The van der Waals surface area contributed by atoms with Crippen molar-refractivity contribution >= 4 is 46.0 Å². The number of alkyl halides is 3. The SMILES string of the molecule is CC(Sc1ncnc2c1cnn2C)C(=O)Nc1ccc(Cl)c(C(F)(F)F)c1. The van der Waals surface area contributed by atoms with E-state index in [9.17, 15) is 18.0 Å². The lowest BCUT2D eigenvalue weighted by Crippen LogP contribution is -2.23. The first-order valence-electron chi connectivity index (χ1n) is 7.64. The molecule has 0 aliphatic rings. The number of benzene rings is 1. The number of thioether (sulfide) groups is 1. The fourth-order valence-corrected chi connectivity index (χ4v) is 3.42. The molecule has 1 N–H and O–H groups in total. The van der Waals surface area contributed by atoms with E-state index in [1.807, 2.05) is 0 Å². The minimum Gasteiger partial charge on any atom is -0.325 e. The van der Waals surface area contributed by atoms with Crippen LogP contribution in [0.5, 0.6) is 0 Å². The Bertz CT molecular complexity index is 1010. The first-order valence-corrected chi connectivity index (χ1v) is 8.89. The van der Waals surface area contributed by atoms with Crippen LogP contribution in [0, 0.1) is 0 Å². The number of rotatable bonds is 4. The molecule has 3 aromatic rings. The smallest absolute Gasteiger partial charge is 0.325 e. The van der Waals surface area contributed by atoms with Crippen molar-refractivity contribution < 1.29 is 18.0 Å². The van der Waals surface area contributed by atoms with Gasteiger partial charge in [-0.2, -0.15) is 18.3 Å². The third-order valence-corrected chi connectivity index (χ3v) is 5.14. The van der Waals surface area contributed by atoms with Gasteiger partial charge in [0.05, 0.1) is 27.4 Å². The number of carbonyl (C=O) groups excluding carboxylic acids is 1. The van der Waals surface area contributed by atoms with Crippen molar-refractivity contribution in [1.29, 1.82) is 0 Å². The predicted molar refractivity (Wildman–Crippen MR) is 96.7 cm³/mol. The van der Waals surface area contributed by atoms with E-state index in [2.05, 4.69) is 20.4 Å². The molecule has 1 unspecified atom stereocenters. The number of hydrogen-bond donors (Lipinski definition) is 1. The van der Waals surface area contributed by atoms with Gasteiger partial charge in [-0.05, 0) is 25.1 Å². The van der Waals surface area contributed by atoms with Gasteiger partial charge in [0.1, 0.15) is 11.4 Å². The van der Waals surface area contributed by atoms with E-state index in [4.69, 9.17) is 11.6 Å². The van der Waals surface area contributed by atoms with E-state index in [-0.39, 0.29) is 5.69 Å². The highest BCUT2D eigenvalue weighted by molar-refractivity contribution is 8.00. The zero-order chi connectivity index (χ0) is 19.8. The second-order valence-corrected chi connectivity index (χ2v) is 7.36. The summed E-state index contributed by atoms with van der Waals surface area (Å²) in [5.41, 5.74) is -0.374. The normalized spacial score (nSPS) is 13.0. The van der Waals surface area contributed by atoms with Crippen LogP contribution in [0.1, 0.15) is 12.5 Å². The fourth-order valence-electron chi connectivity index (χ4n) is 2.32. The molecular formula is C16H13ClF3N5OS. The number of nitrogens with one attached hydrogen (secondary N) is 1. The highest BCUT2D eigenvalue weighted by atomic mass is 35.5. The summed E-state index contributed by atoms with van der Waals surface area (Å²) >= 11 is 6.75. The second-order valence-electron chi connectivity index (χ2n) is 5.63. The van der Waals surface area contributed by atoms with Gasteiger partial charge in [-0.1, -0.05) is 23.4 Å². The monoisotopic (exact) mass is 415 g/mol. The summed E-state index contributed by atoms with van der Waals surface area (Å²) in [5.74, 6) is -0.467. The Morgan fingerprint density at radius 3 is 2.78 bits per heavy atom. The molecule has 0 aliphatic carbocycles. The Morgan fingerprint density at radius 1 is 1.33 bits per heavy atom. The average molecular weight is 416 g/mol. The second kappa shape index (κ2) is 7.35. The van der Waals surface area contributed by atoms with Crippen molar-refractivity contribution in [3.05, 3.63) is 41.3 Å². The summed E-state index contributed by atoms with van der Waals surface area (Å²) in [6.07, 6.45) is -1.64. The quantitative estimate of drug-likeness (QED) is 0.512. The van der Waals surface area contributed by atoms with E-state index in [1.54, 1.807) is 24.9 Å². The lowest BCUT2D eigenvalue weighted by atomic mass is 10.2. The number of hydrogen-bond acceptors (Lipinski definition) is 5. The number of carbonyl (C=O) groups is 1. The number of halogens is 4. The van der Waals surface area contributed by atoms with Crippen molar-refractivity contribution in [2.24, 2.45) is 7.05 Å². The van der Waals surface area contributed by atoms with Crippen molar-refractivity contribution in [1.82, 2.24) is 19.7 Å². The molecule has 2 aromatic heterocycles. The van der Waals surface area contributed by atoms with Gasteiger partial charge < -0.3 is 5.32 Å². The van der Waals surface area contributed by atoms with E-state index in [0.29, 0.717) is 16.1 Å². The van der Waals surface area contributed by atoms with Crippen LogP contribution in [0.2, 0.25) is 5.02 Å². The Balaban J connectivity index is 1.76. The molecule has 27 heavy (non-hydrogen) atoms. The molecule has 11 heteroatoms. The van der Waals surface area contributed by atoms with Gasteiger partial charge in [0.2, 0.25) is 5.91 Å². The zero-order valence-corrected chi connectivity index (χ0v) is 15.7. The molecule has 0 fully saturated rings. The third-order valence-electron chi connectivity index (χ3n) is 3.69.